The maximum absolute atomic E-state index is 6.15. The molecule has 0 bridgehead atoms. The average Bonchev–Trinajstić information content (AvgIpc) is 2.84. The third kappa shape index (κ3) is 2.51. The van der Waals surface area contributed by atoms with Crippen LogP contribution in [0.3, 0.4) is 0 Å². The third-order valence-corrected chi connectivity index (χ3v) is 5.33. The maximum Gasteiger partial charge on any atom is 0.0595 e. The first kappa shape index (κ1) is 15.4. The van der Waals surface area contributed by atoms with Crippen molar-refractivity contribution in [3.8, 4) is 0 Å². The maximum atomic E-state index is 6.15. The van der Waals surface area contributed by atoms with Crippen LogP contribution in [0.15, 0.2) is 18.2 Å². The summed E-state index contributed by atoms with van der Waals surface area (Å²) >= 11 is 12.2. The lowest BCUT2D eigenvalue weighted by Gasteiger charge is -2.34. The van der Waals surface area contributed by atoms with Gasteiger partial charge < -0.3 is 0 Å². The van der Waals surface area contributed by atoms with Gasteiger partial charge in [0.05, 0.1) is 10.0 Å². The summed E-state index contributed by atoms with van der Waals surface area (Å²) in [6.07, 6.45) is 1.30. The van der Waals surface area contributed by atoms with Crippen LogP contribution in [0.5, 0.6) is 0 Å². The summed E-state index contributed by atoms with van der Waals surface area (Å²) in [7, 11) is 0. The minimum atomic E-state index is 0. The predicted molar refractivity (Wildman–Crippen MR) is 84.8 cm³/mol. The molecule has 3 rings (SSSR count). The summed E-state index contributed by atoms with van der Waals surface area (Å²) in [4.78, 5) is 2.59. The van der Waals surface area contributed by atoms with E-state index in [0.29, 0.717) is 15.5 Å². The Labute approximate surface area is 131 Å². The molecular formula is C15H20Cl3N. The Hall–Kier alpha value is 0.0500. The number of nitrogens with zero attached hydrogens (tertiary/aromatic N) is 1. The van der Waals surface area contributed by atoms with E-state index in [1.807, 2.05) is 6.07 Å². The average molecular weight is 321 g/mol. The van der Waals surface area contributed by atoms with Gasteiger partial charge in [-0.1, -0.05) is 29.3 Å². The Morgan fingerprint density at radius 2 is 1.89 bits per heavy atom. The van der Waals surface area contributed by atoms with Crippen molar-refractivity contribution >= 4 is 35.6 Å². The van der Waals surface area contributed by atoms with E-state index in [4.69, 9.17) is 23.2 Å². The minimum absolute atomic E-state index is 0. The number of likely N-dealkylation sites (tertiary alicyclic amines) is 1. The topological polar surface area (TPSA) is 3.24 Å². The molecule has 0 aromatic heterocycles. The van der Waals surface area contributed by atoms with Crippen LogP contribution in [0.2, 0.25) is 10.0 Å². The van der Waals surface area contributed by atoms with Gasteiger partial charge in [0.1, 0.15) is 0 Å². The van der Waals surface area contributed by atoms with Crippen LogP contribution in [0.1, 0.15) is 32.8 Å². The number of hydrogen-bond donors (Lipinski definition) is 0. The van der Waals surface area contributed by atoms with Crippen molar-refractivity contribution in [3.63, 3.8) is 0 Å². The molecule has 2 aliphatic rings. The monoisotopic (exact) mass is 319 g/mol. The molecule has 1 aliphatic heterocycles. The van der Waals surface area contributed by atoms with Gasteiger partial charge in [-0.25, -0.2) is 0 Å². The second kappa shape index (κ2) is 4.80. The second-order valence-electron chi connectivity index (χ2n) is 6.74. The molecule has 2 atom stereocenters. The Morgan fingerprint density at radius 3 is 2.42 bits per heavy atom. The largest absolute Gasteiger partial charge is 0.297 e. The molecule has 1 saturated carbocycles. The highest BCUT2D eigenvalue weighted by molar-refractivity contribution is 6.42. The molecule has 0 spiro atoms. The van der Waals surface area contributed by atoms with Crippen molar-refractivity contribution in [2.24, 2.45) is 5.92 Å². The third-order valence-electron chi connectivity index (χ3n) is 4.59. The number of benzene rings is 1. The molecular weight excluding hydrogens is 301 g/mol. The fraction of sp³-hybridized carbons (Fsp3) is 0.600. The van der Waals surface area contributed by atoms with Gasteiger partial charge in [0.2, 0.25) is 0 Å². The molecule has 1 nitrogen and oxygen atoms in total. The van der Waals surface area contributed by atoms with E-state index in [-0.39, 0.29) is 17.9 Å². The van der Waals surface area contributed by atoms with Crippen molar-refractivity contribution in [2.45, 2.75) is 38.1 Å². The Kier molecular flexibility index (Phi) is 3.90. The number of piperidine rings is 1. The lowest BCUT2D eigenvalue weighted by molar-refractivity contribution is 0.152. The van der Waals surface area contributed by atoms with Gasteiger partial charge in [-0.2, -0.15) is 0 Å². The molecule has 0 N–H and O–H groups in total. The molecule has 1 aromatic carbocycles. The molecule has 2 unspecified atom stereocenters. The highest BCUT2D eigenvalue weighted by atomic mass is 35.5. The van der Waals surface area contributed by atoms with Gasteiger partial charge in [-0.15, -0.1) is 12.4 Å². The second-order valence-corrected chi connectivity index (χ2v) is 7.55. The fourth-order valence-corrected chi connectivity index (χ4v) is 3.54. The van der Waals surface area contributed by atoms with Crippen LogP contribution in [-0.2, 0) is 5.41 Å². The standard InChI is InChI=1S/C15H19Cl2N.ClH/c1-14(2,3)18-8-11-7-15(11,9-18)10-4-5-12(16)13(17)6-10;/h4-6,11H,7-9H2,1-3H3;1H. The lowest BCUT2D eigenvalue weighted by Crippen LogP contribution is -2.42. The zero-order chi connectivity index (χ0) is 13.1. The Morgan fingerprint density at radius 1 is 1.21 bits per heavy atom. The first-order valence-electron chi connectivity index (χ1n) is 6.53. The van der Waals surface area contributed by atoms with Crippen molar-refractivity contribution in [2.75, 3.05) is 13.1 Å². The van der Waals surface area contributed by atoms with Crippen molar-refractivity contribution < 1.29 is 0 Å². The Balaban J connectivity index is 0.00000133. The first-order chi connectivity index (χ1) is 8.33. The number of fused-ring (bicyclic) bond motifs is 1. The van der Waals surface area contributed by atoms with Crippen molar-refractivity contribution in [1.29, 1.82) is 0 Å². The molecule has 1 saturated heterocycles. The predicted octanol–water partition coefficient (Wildman–Crippen LogP) is 4.79. The smallest absolute Gasteiger partial charge is 0.0595 e. The first-order valence-corrected chi connectivity index (χ1v) is 7.29. The molecule has 106 valence electrons. The van der Waals surface area contributed by atoms with Crippen LogP contribution < -0.4 is 0 Å². The number of hydrogen-bond acceptors (Lipinski definition) is 1. The summed E-state index contributed by atoms with van der Waals surface area (Å²) in [5.74, 6) is 0.800. The van der Waals surface area contributed by atoms with E-state index >= 15 is 0 Å². The summed E-state index contributed by atoms with van der Waals surface area (Å²) in [5, 5.41) is 1.34. The quantitative estimate of drug-likeness (QED) is 0.719. The number of rotatable bonds is 1. The zero-order valence-corrected chi connectivity index (χ0v) is 13.9. The van der Waals surface area contributed by atoms with Crippen LogP contribution in [-0.4, -0.2) is 23.5 Å². The molecule has 19 heavy (non-hydrogen) atoms. The fourth-order valence-electron chi connectivity index (χ4n) is 3.25. The molecule has 2 fully saturated rings. The molecule has 0 radical (unpaired) electrons. The SMILES string of the molecule is CC(C)(C)N1CC2CC2(c2ccc(Cl)c(Cl)c2)C1.Cl. The molecule has 1 aromatic rings. The van der Waals surface area contributed by atoms with Crippen LogP contribution in [0.4, 0.5) is 0 Å². The minimum Gasteiger partial charge on any atom is -0.297 e. The van der Waals surface area contributed by atoms with E-state index in [1.165, 1.54) is 18.5 Å². The normalized spacial score (nSPS) is 29.8. The van der Waals surface area contributed by atoms with Gasteiger partial charge in [-0.05, 0) is 50.8 Å². The summed E-state index contributed by atoms with van der Waals surface area (Å²) in [6.45, 7) is 9.24. The van der Waals surface area contributed by atoms with Gasteiger partial charge >= 0.3 is 0 Å². The van der Waals surface area contributed by atoms with Gasteiger partial charge in [0.25, 0.3) is 0 Å². The molecule has 4 heteroatoms. The zero-order valence-electron chi connectivity index (χ0n) is 11.5. The van der Waals surface area contributed by atoms with Crippen LogP contribution >= 0.6 is 35.6 Å². The molecule has 0 amide bonds. The van der Waals surface area contributed by atoms with E-state index in [2.05, 4.69) is 37.8 Å². The van der Waals surface area contributed by atoms with E-state index in [1.54, 1.807) is 0 Å². The van der Waals surface area contributed by atoms with Crippen molar-refractivity contribution in [3.05, 3.63) is 33.8 Å². The highest BCUT2D eigenvalue weighted by Gasteiger charge is 2.61. The van der Waals surface area contributed by atoms with Gasteiger partial charge in [0, 0.05) is 24.0 Å². The van der Waals surface area contributed by atoms with E-state index in [0.717, 1.165) is 12.5 Å². The summed E-state index contributed by atoms with van der Waals surface area (Å²) < 4.78 is 0. The number of halogens is 3. The Bertz CT molecular complexity index is 495. The lowest BCUT2D eigenvalue weighted by atomic mass is 9.94. The van der Waals surface area contributed by atoms with Gasteiger partial charge in [-0.3, -0.25) is 4.90 Å². The highest BCUT2D eigenvalue weighted by Crippen LogP contribution is 2.60. The summed E-state index contributed by atoms with van der Waals surface area (Å²) in [5.41, 5.74) is 1.98. The molecule has 1 heterocycles. The van der Waals surface area contributed by atoms with E-state index in [9.17, 15) is 0 Å². The van der Waals surface area contributed by atoms with Gasteiger partial charge in [0.15, 0.2) is 0 Å². The van der Waals surface area contributed by atoms with Crippen LogP contribution in [0, 0.1) is 5.92 Å². The van der Waals surface area contributed by atoms with Crippen molar-refractivity contribution in [1.82, 2.24) is 4.90 Å². The van der Waals surface area contributed by atoms with E-state index < -0.39 is 0 Å². The molecule has 1 aliphatic carbocycles. The summed E-state index contributed by atoms with van der Waals surface area (Å²) in [6, 6.07) is 6.15. The van der Waals surface area contributed by atoms with Crippen LogP contribution in [0.25, 0.3) is 0 Å².